The third-order valence-electron chi connectivity index (χ3n) is 8.67. The van der Waals surface area contributed by atoms with E-state index in [0.29, 0.717) is 35.1 Å². The molecule has 4 aromatic rings. The molecule has 7 heteroatoms. The van der Waals surface area contributed by atoms with Crippen LogP contribution in [0, 0.1) is 23.3 Å². The zero-order valence-corrected chi connectivity index (χ0v) is 25.2. The molecule has 1 saturated carbocycles. The fourth-order valence-corrected chi connectivity index (χ4v) is 6.12. The number of unbranched alkanes of at least 4 members (excludes halogenated alkanes) is 2. The maximum atomic E-state index is 15.2. The number of aryl methyl sites for hydroxylation is 1. The highest BCUT2D eigenvalue weighted by Gasteiger charge is 2.42. The molecule has 0 aromatic heterocycles. The van der Waals surface area contributed by atoms with E-state index >= 15 is 22.0 Å². The minimum atomic E-state index is -4.17. The van der Waals surface area contributed by atoms with Crippen LogP contribution in [-0.4, -0.2) is 6.10 Å². The summed E-state index contributed by atoms with van der Waals surface area (Å²) in [5, 5.41) is 0. The second-order valence-electron chi connectivity index (χ2n) is 11.8. The van der Waals surface area contributed by atoms with E-state index in [1.54, 1.807) is 30.3 Å². The van der Waals surface area contributed by atoms with Crippen LogP contribution in [0.25, 0.3) is 28.3 Å². The molecule has 0 saturated heterocycles. The van der Waals surface area contributed by atoms with Crippen LogP contribution in [-0.2, 0) is 17.3 Å². The maximum Gasteiger partial charge on any atom is 0.389 e. The summed E-state index contributed by atoms with van der Waals surface area (Å²) in [4.78, 5) is 0. The topological polar surface area (TPSA) is 9.23 Å². The maximum absolute atomic E-state index is 15.2. The number of halogens is 6. The van der Waals surface area contributed by atoms with Gasteiger partial charge >= 0.3 is 6.11 Å². The zero-order chi connectivity index (χ0) is 32.1. The summed E-state index contributed by atoms with van der Waals surface area (Å²) in [6.45, 7) is 5.67. The number of benzene rings is 4. The molecule has 4 aromatic carbocycles. The lowest BCUT2D eigenvalue weighted by molar-refractivity contribution is -0.280. The monoisotopic (exact) mass is 622 g/mol. The second-order valence-corrected chi connectivity index (χ2v) is 11.8. The number of hydrogen-bond acceptors (Lipinski definition) is 1. The zero-order valence-electron chi connectivity index (χ0n) is 25.2. The van der Waals surface area contributed by atoms with Gasteiger partial charge in [0.15, 0.2) is 0 Å². The molecule has 0 spiro atoms. The number of alkyl halides is 2. The van der Waals surface area contributed by atoms with Gasteiger partial charge in [0, 0.05) is 11.1 Å². The Bertz CT molecular complexity index is 1610. The lowest BCUT2D eigenvalue weighted by Crippen LogP contribution is -2.31. The Morgan fingerprint density at radius 1 is 0.733 bits per heavy atom. The average molecular weight is 623 g/mol. The molecule has 0 unspecified atom stereocenters. The molecule has 1 aliphatic carbocycles. The lowest BCUT2D eigenvalue weighted by Gasteiger charge is -2.31. The van der Waals surface area contributed by atoms with Crippen molar-refractivity contribution in [3.05, 3.63) is 125 Å². The first kappa shape index (κ1) is 32.6. The van der Waals surface area contributed by atoms with E-state index < -0.39 is 41.0 Å². The number of hydrogen-bond donors (Lipinski definition) is 0. The minimum absolute atomic E-state index is 0.104. The van der Waals surface area contributed by atoms with Gasteiger partial charge in [-0.2, -0.15) is 8.78 Å². The minimum Gasteiger partial charge on any atom is -0.313 e. The highest BCUT2D eigenvalue weighted by atomic mass is 19.3. The molecule has 0 radical (unpaired) electrons. The summed E-state index contributed by atoms with van der Waals surface area (Å²) in [6, 6.07) is 18.2. The first-order valence-corrected chi connectivity index (χ1v) is 15.5. The molecule has 0 amide bonds. The van der Waals surface area contributed by atoms with Crippen molar-refractivity contribution >= 4 is 6.08 Å². The second kappa shape index (κ2) is 14.1. The molecule has 0 N–H and O–H groups in total. The van der Waals surface area contributed by atoms with E-state index in [2.05, 4.69) is 13.5 Å². The van der Waals surface area contributed by atoms with E-state index in [4.69, 9.17) is 4.74 Å². The van der Waals surface area contributed by atoms with E-state index in [9.17, 15) is 4.39 Å². The fourth-order valence-electron chi connectivity index (χ4n) is 6.12. The van der Waals surface area contributed by atoms with Crippen LogP contribution in [0.4, 0.5) is 26.3 Å². The van der Waals surface area contributed by atoms with Crippen molar-refractivity contribution in [2.24, 2.45) is 0 Å². The SMILES string of the molecule is C=Cc1ccc(-c2ccc(C3CCC(OC(F)(F)c4c(F)cc(-c5ccc(CCCCC)cc5)cc4F)CC3)cc2F)cc1F. The Hall–Kier alpha value is -3.84. The normalized spacial score (nSPS) is 17.0. The van der Waals surface area contributed by atoms with Gasteiger partial charge in [0.25, 0.3) is 0 Å². The molecule has 0 aliphatic heterocycles. The largest absolute Gasteiger partial charge is 0.389 e. The highest BCUT2D eigenvalue weighted by Crippen LogP contribution is 2.42. The van der Waals surface area contributed by atoms with Crippen molar-refractivity contribution in [3.63, 3.8) is 0 Å². The quantitative estimate of drug-likeness (QED) is 0.119. The average Bonchev–Trinajstić information content (AvgIpc) is 3.01. The molecule has 0 bridgehead atoms. The summed E-state index contributed by atoms with van der Waals surface area (Å²) >= 11 is 0. The summed E-state index contributed by atoms with van der Waals surface area (Å²) in [5.41, 5.74) is 2.07. The molecular formula is C38H36F6O. The lowest BCUT2D eigenvalue weighted by atomic mass is 9.82. The Labute approximate surface area is 260 Å². The number of ether oxygens (including phenoxy) is 1. The van der Waals surface area contributed by atoms with Crippen LogP contribution >= 0.6 is 0 Å². The van der Waals surface area contributed by atoms with Gasteiger partial charge in [-0.05, 0) is 96.5 Å². The molecule has 1 aliphatic rings. The first-order chi connectivity index (χ1) is 21.6. The van der Waals surface area contributed by atoms with Crippen LogP contribution < -0.4 is 0 Å². The summed E-state index contributed by atoms with van der Waals surface area (Å²) in [7, 11) is 0. The van der Waals surface area contributed by atoms with Gasteiger partial charge in [-0.1, -0.05) is 81.0 Å². The van der Waals surface area contributed by atoms with Crippen LogP contribution in [0.3, 0.4) is 0 Å². The van der Waals surface area contributed by atoms with Crippen molar-refractivity contribution in [1.82, 2.24) is 0 Å². The molecule has 0 heterocycles. The van der Waals surface area contributed by atoms with Crippen LogP contribution in [0.5, 0.6) is 0 Å². The van der Waals surface area contributed by atoms with Crippen LogP contribution in [0.15, 0.2) is 79.4 Å². The van der Waals surface area contributed by atoms with E-state index in [0.717, 1.165) is 43.4 Å². The predicted octanol–water partition coefficient (Wildman–Crippen LogP) is 11.7. The Balaban J connectivity index is 1.22. The molecule has 236 valence electrons. The molecule has 45 heavy (non-hydrogen) atoms. The van der Waals surface area contributed by atoms with Gasteiger partial charge in [0.2, 0.25) is 0 Å². The molecular weight excluding hydrogens is 586 g/mol. The molecule has 5 rings (SSSR count). The van der Waals surface area contributed by atoms with Crippen molar-refractivity contribution in [2.45, 2.75) is 76.4 Å². The van der Waals surface area contributed by atoms with Crippen molar-refractivity contribution in [1.29, 1.82) is 0 Å². The van der Waals surface area contributed by atoms with Gasteiger partial charge in [0.1, 0.15) is 28.8 Å². The third kappa shape index (κ3) is 7.52. The molecule has 1 nitrogen and oxygen atoms in total. The van der Waals surface area contributed by atoms with Crippen LogP contribution in [0.2, 0.25) is 0 Å². The fraction of sp³-hybridized carbons (Fsp3) is 0.316. The van der Waals surface area contributed by atoms with Gasteiger partial charge < -0.3 is 4.74 Å². The van der Waals surface area contributed by atoms with Gasteiger partial charge in [0.05, 0.1) is 6.10 Å². The highest BCUT2D eigenvalue weighted by molar-refractivity contribution is 5.67. The Kier molecular flexibility index (Phi) is 10.2. The number of rotatable bonds is 11. The van der Waals surface area contributed by atoms with Crippen molar-refractivity contribution in [3.8, 4) is 22.3 Å². The van der Waals surface area contributed by atoms with E-state index in [1.165, 1.54) is 24.3 Å². The van der Waals surface area contributed by atoms with E-state index in [-0.39, 0.29) is 29.9 Å². The van der Waals surface area contributed by atoms with Crippen molar-refractivity contribution in [2.75, 3.05) is 0 Å². The molecule has 0 atom stereocenters. The smallest absolute Gasteiger partial charge is 0.313 e. The summed E-state index contributed by atoms with van der Waals surface area (Å²) < 4.78 is 94.6. The molecule has 1 fully saturated rings. The van der Waals surface area contributed by atoms with Gasteiger partial charge in [-0.25, -0.2) is 17.6 Å². The van der Waals surface area contributed by atoms with E-state index in [1.807, 2.05) is 12.1 Å². The van der Waals surface area contributed by atoms with Crippen LogP contribution in [0.1, 0.15) is 80.0 Å². The van der Waals surface area contributed by atoms with Gasteiger partial charge in [-0.3, -0.25) is 0 Å². The Morgan fingerprint density at radius 2 is 1.38 bits per heavy atom. The third-order valence-corrected chi connectivity index (χ3v) is 8.67. The Morgan fingerprint density at radius 3 is 1.98 bits per heavy atom. The first-order valence-electron chi connectivity index (χ1n) is 15.5. The summed E-state index contributed by atoms with van der Waals surface area (Å²) in [5.74, 6) is -3.86. The predicted molar refractivity (Wildman–Crippen MR) is 167 cm³/mol. The summed E-state index contributed by atoms with van der Waals surface area (Å²) in [6.07, 6.45) is 1.74. The van der Waals surface area contributed by atoms with Crippen molar-refractivity contribution < 1.29 is 31.1 Å². The standard InChI is InChI=1S/C38H36F6O/c1-3-5-6-7-24-8-10-27(11-9-24)30-22-35(41)37(36(42)23-30)38(43,44)45-31-17-14-26(15-18-31)28-16-19-32(34(40)20-28)29-13-12-25(4-2)33(39)21-29/h4,8-13,16,19-23,26,31H,2-3,5-7,14-15,17-18H2,1H3. The van der Waals surface area contributed by atoms with Gasteiger partial charge in [-0.15, -0.1) is 0 Å².